The van der Waals surface area contributed by atoms with E-state index in [2.05, 4.69) is 10.6 Å². The molecule has 0 aliphatic heterocycles. The van der Waals surface area contributed by atoms with Crippen LogP contribution in [0.2, 0.25) is 0 Å². The van der Waals surface area contributed by atoms with Crippen molar-refractivity contribution in [2.45, 2.75) is 26.0 Å². The lowest BCUT2D eigenvalue weighted by Crippen LogP contribution is -2.41. The number of nitrogens with one attached hydrogen (secondary N) is 2. The summed E-state index contributed by atoms with van der Waals surface area (Å²) < 4.78 is 10.2. The SMILES string of the molecule is COc1ccc(NC(=O)[C@H](C)OC(=O)[C@H](C)NC(=O)/C=C/c2ccccc2)cc1. The van der Waals surface area contributed by atoms with Crippen molar-refractivity contribution in [2.75, 3.05) is 12.4 Å². The highest BCUT2D eigenvalue weighted by molar-refractivity contribution is 5.97. The maximum Gasteiger partial charge on any atom is 0.329 e. The van der Waals surface area contributed by atoms with Gasteiger partial charge in [-0.3, -0.25) is 9.59 Å². The highest BCUT2D eigenvalue weighted by atomic mass is 16.5. The van der Waals surface area contributed by atoms with Crippen molar-refractivity contribution < 1.29 is 23.9 Å². The topological polar surface area (TPSA) is 93.7 Å². The maximum atomic E-state index is 12.2. The number of anilines is 1. The van der Waals surface area contributed by atoms with Crippen LogP contribution in [0.1, 0.15) is 19.4 Å². The molecule has 2 aromatic carbocycles. The van der Waals surface area contributed by atoms with Gasteiger partial charge in [-0.25, -0.2) is 4.79 Å². The zero-order valence-corrected chi connectivity index (χ0v) is 16.5. The molecule has 152 valence electrons. The average Bonchev–Trinajstić information content (AvgIpc) is 2.73. The second-order valence-corrected chi connectivity index (χ2v) is 6.27. The van der Waals surface area contributed by atoms with E-state index in [1.165, 1.54) is 19.9 Å². The van der Waals surface area contributed by atoms with Gasteiger partial charge in [0.25, 0.3) is 5.91 Å². The first-order valence-corrected chi connectivity index (χ1v) is 9.08. The van der Waals surface area contributed by atoms with Gasteiger partial charge in [0.15, 0.2) is 6.10 Å². The van der Waals surface area contributed by atoms with Gasteiger partial charge in [-0.15, -0.1) is 0 Å². The van der Waals surface area contributed by atoms with Gasteiger partial charge in [0.1, 0.15) is 11.8 Å². The summed E-state index contributed by atoms with van der Waals surface area (Å²) in [5.41, 5.74) is 1.41. The number of esters is 1. The number of hydrogen-bond donors (Lipinski definition) is 2. The van der Waals surface area contributed by atoms with Gasteiger partial charge >= 0.3 is 5.97 Å². The molecule has 0 aromatic heterocycles. The highest BCUT2D eigenvalue weighted by Crippen LogP contribution is 2.15. The van der Waals surface area contributed by atoms with Crippen LogP contribution in [0.25, 0.3) is 6.08 Å². The fourth-order valence-electron chi connectivity index (χ4n) is 2.30. The van der Waals surface area contributed by atoms with Gasteiger partial charge in [0, 0.05) is 11.8 Å². The van der Waals surface area contributed by atoms with Crippen molar-refractivity contribution in [3.8, 4) is 5.75 Å². The molecule has 0 radical (unpaired) electrons. The Morgan fingerprint density at radius 3 is 2.24 bits per heavy atom. The number of amides is 2. The molecule has 0 bridgehead atoms. The maximum absolute atomic E-state index is 12.2. The Balaban J connectivity index is 1.81. The van der Waals surface area contributed by atoms with E-state index in [1.54, 1.807) is 37.5 Å². The molecular formula is C22H24N2O5. The number of rotatable bonds is 8. The van der Waals surface area contributed by atoms with Crippen LogP contribution in [0.15, 0.2) is 60.7 Å². The lowest BCUT2D eigenvalue weighted by atomic mass is 10.2. The van der Waals surface area contributed by atoms with Crippen molar-refractivity contribution in [2.24, 2.45) is 0 Å². The third-order valence-corrected chi connectivity index (χ3v) is 3.96. The predicted octanol–water partition coefficient (Wildman–Crippen LogP) is 2.78. The number of carbonyl (C=O) groups is 3. The van der Waals surface area contributed by atoms with Crippen molar-refractivity contribution in [1.29, 1.82) is 0 Å². The molecule has 0 aliphatic rings. The summed E-state index contributed by atoms with van der Waals surface area (Å²) in [5.74, 6) is -0.961. The van der Waals surface area contributed by atoms with Crippen LogP contribution >= 0.6 is 0 Å². The fourth-order valence-corrected chi connectivity index (χ4v) is 2.30. The Morgan fingerprint density at radius 1 is 0.966 bits per heavy atom. The van der Waals surface area contributed by atoms with E-state index in [0.717, 1.165) is 5.56 Å². The first-order valence-electron chi connectivity index (χ1n) is 9.08. The number of benzene rings is 2. The van der Waals surface area contributed by atoms with E-state index in [1.807, 2.05) is 30.3 Å². The normalized spacial score (nSPS) is 12.7. The van der Waals surface area contributed by atoms with Crippen molar-refractivity contribution >= 4 is 29.5 Å². The summed E-state index contributed by atoms with van der Waals surface area (Å²) in [5, 5.41) is 5.16. The zero-order chi connectivity index (χ0) is 21.2. The Labute approximate surface area is 169 Å². The second kappa shape index (κ2) is 10.7. The van der Waals surface area contributed by atoms with E-state index in [-0.39, 0.29) is 0 Å². The predicted molar refractivity (Wildman–Crippen MR) is 110 cm³/mol. The van der Waals surface area contributed by atoms with E-state index in [4.69, 9.17) is 9.47 Å². The number of methoxy groups -OCH3 is 1. The molecule has 2 atom stereocenters. The Kier molecular flexibility index (Phi) is 7.97. The lowest BCUT2D eigenvalue weighted by Gasteiger charge is -2.17. The number of hydrogen-bond acceptors (Lipinski definition) is 5. The van der Waals surface area contributed by atoms with Crippen molar-refractivity contribution in [1.82, 2.24) is 5.32 Å². The Hall–Kier alpha value is -3.61. The van der Waals surface area contributed by atoms with E-state index < -0.39 is 29.9 Å². The van der Waals surface area contributed by atoms with Crippen LogP contribution in [0.4, 0.5) is 5.69 Å². The summed E-state index contributed by atoms with van der Waals surface area (Å²) >= 11 is 0. The number of ether oxygens (including phenoxy) is 2. The molecule has 0 aliphatic carbocycles. The minimum Gasteiger partial charge on any atom is -0.497 e. The Morgan fingerprint density at radius 2 is 1.62 bits per heavy atom. The standard InChI is InChI=1S/C22H24N2O5/c1-15(23-20(25)14-9-17-7-5-4-6-8-17)22(27)29-16(2)21(26)24-18-10-12-19(28-3)13-11-18/h4-16H,1-3H3,(H,23,25)(H,24,26)/b14-9+/t15-,16-/m0/s1. The van der Waals surface area contributed by atoms with Gasteiger partial charge in [0.2, 0.25) is 5.91 Å². The van der Waals surface area contributed by atoms with E-state index in [9.17, 15) is 14.4 Å². The first-order chi connectivity index (χ1) is 13.9. The molecule has 29 heavy (non-hydrogen) atoms. The van der Waals surface area contributed by atoms with Gasteiger partial charge in [-0.2, -0.15) is 0 Å². The minimum atomic E-state index is -1.02. The van der Waals surface area contributed by atoms with Gasteiger partial charge in [-0.05, 0) is 49.8 Å². The third kappa shape index (κ3) is 7.14. The molecule has 0 saturated heterocycles. The average molecular weight is 396 g/mol. The van der Waals surface area contributed by atoms with Crippen LogP contribution in [-0.2, 0) is 19.1 Å². The molecule has 0 fully saturated rings. The smallest absolute Gasteiger partial charge is 0.329 e. The van der Waals surface area contributed by atoms with Crippen LogP contribution < -0.4 is 15.4 Å². The van der Waals surface area contributed by atoms with E-state index in [0.29, 0.717) is 11.4 Å². The highest BCUT2D eigenvalue weighted by Gasteiger charge is 2.22. The molecule has 0 spiro atoms. The molecule has 2 N–H and O–H groups in total. The summed E-state index contributed by atoms with van der Waals surface area (Å²) in [6.07, 6.45) is 1.95. The van der Waals surface area contributed by atoms with Crippen LogP contribution in [0, 0.1) is 0 Å². The molecule has 2 amide bonds. The minimum absolute atomic E-state index is 0.436. The molecule has 2 rings (SSSR count). The van der Waals surface area contributed by atoms with Crippen molar-refractivity contribution in [3.63, 3.8) is 0 Å². The van der Waals surface area contributed by atoms with Crippen LogP contribution in [0.3, 0.4) is 0 Å². The first kappa shape index (κ1) is 21.7. The summed E-state index contributed by atoms with van der Waals surface area (Å²) in [7, 11) is 1.55. The summed E-state index contributed by atoms with van der Waals surface area (Å²) in [6, 6.07) is 15.1. The van der Waals surface area contributed by atoms with Crippen LogP contribution in [0.5, 0.6) is 5.75 Å². The lowest BCUT2D eigenvalue weighted by molar-refractivity contribution is -0.155. The fraction of sp³-hybridized carbons (Fsp3) is 0.227. The largest absolute Gasteiger partial charge is 0.497 e. The van der Waals surface area contributed by atoms with E-state index >= 15 is 0 Å². The van der Waals surface area contributed by atoms with Gasteiger partial charge in [0.05, 0.1) is 7.11 Å². The molecule has 0 heterocycles. The third-order valence-electron chi connectivity index (χ3n) is 3.96. The second-order valence-electron chi connectivity index (χ2n) is 6.27. The molecule has 2 aromatic rings. The monoisotopic (exact) mass is 396 g/mol. The quantitative estimate of drug-likeness (QED) is 0.529. The molecule has 0 unspecified atom stereocenters. The zero-order valence-electron chi connectivity index (χ0n) is 16.5. The summed E-state index contributed by atoms with van der Waals surface area (Å²) in [6.45, 7) is 2.95. The van der Waals surface area contributed by atoms with Crippen LogP contribution in [-0.4, -0.2) is 37.0 Å². The number of carbonyl (C=O) groups excluding carboxylic acids is 3. The Bertz CT molecular complexity index is 863. The van der Waals surface area contributed by atoms with Gasteiger partial charge in [-0.1, -0.05) is 30.3 Å². The molecular weight excluding hydrogens is 372 g/mol. The molecule has 7 nitrogen and oxygen atoms in total. The molecule has 7 heteroatoms. The molecule has 0 saturated carbocycles. The van der Waals surface area contributed by atoms with Crippen molar-refractivity contribution in [3.05, 3.63) is 66.2 Å². The summed E-state index contributed by atoms with van der Waals surface area (Å²) in [4.78, 5) is 36.3. The van der Waals surface area contributed by atoms with Gasteiger partial charge < -0.3 is 20.1 Å².